The van der Waals surface area contributed by atoms with Gasteiger partial charge in [0.05, 0.1) is 5.69 Å². The van der Waals surface area contributed by atoms with E-state index in [0.717, 1.165) is 62.9 Å². The predicted octanol–water partition coefficient (Wildman–Crippen LogP) is 3.37. The number of nitrogens with zero attached hydrogens (tertiary/aromatic N) is 5. The fraction of sp³-hybridized carbons (Fsp3) is 0.640. The Labute approximate surface area is 185 Å². The van der Waals surface area contributed by atoms with Gasteiger partial charge in [-0.25, -0.2) is 9.97 Å². The third-order valence-electron chi connectivity index (χ3n) is 7.24. The van der Waals surface area contributed by atoms with Crippen LogP contribution < -0.4 is 5.56 Å². The van der Waals surface area contributed by atoms with Crippen LogP contribution in [0.1, 0.15) is 74.1 Å². The maximum absolute atomic E-state index is 13.3. The van der Waals surface area contributed by atoms with Crippen molar-refractivity contribution in [2.75, 3.05) is 26.2 Å². The first-order chi connectivity index (χ1) is 15.1. The topological polar surface area (TPSA) is 54.3 Å². The van der Waals surface area contributed by atoms with E-state index in [1.807, 2.05) is 12.3 Å². The summed E-state index contributed by atoms with van der Waals surface area (Å²) in [6.45, 7) is 11.1. The van der Waals surface area contributed by atoms with Gasteiger partial charge in [-0.3, -0.25) is 14.6 Å². The Morgan fingerprint density at radius 2 is 1.84 bits per heavy atom. The highest BCUT2D eigenvalue weighted by Gasteiger charge is 2.35. The average Bonchev–Trinajstić information content (AvgIpc) is 2.77. The lowest BCUT2D eigenvalue weighted by Crippen LogP contribution is -2.47. The second-order valence-electron chi connectivity index (χ2n) is 10.1. The first kappa shape index (κ1) is 20.8. The summed E-state index contributed by atoms with van der Waals surface area (Å²) >= 11 is 0. The molecule has 0 unspecified atom stereocenters. The summed E-state index contributed by atoms with van der Waals surface area (Å²) in [6.07, 6.45) is 6.94. The van der Waals surface area contributed by atoms with Gasteiger partial charge in [-0.2, -0.15) is 0 Å². The van der Waals surface area contributed by atoms with Gasteiger partial charge in [-0.05, 0) is 50.4 Å². The van der Waals surface area contributed by atoms with Crippen molar-refractivity contribution in [3.63, 3.8) is 0 Å². The molecule has 3 aliphatic heterocycles. The van der Waals surface area contributed by atoms with Gasteiger partial charge in [0.25, 0.3) is 5.56 Å². The molecule has 5 heterocycles. The van der Waals surface area contributed by atoms with E-state index in [-0.39, 0.29) is 5.56 Å². The van der Waals surface area contributed by atoms with Gasteiger partial charge in [0.15, 0.2) is 0 Å². The summed E-state index contributed by atoms with van der Waals surface area (Å²) in [5, 5.41) is 0. The number of pyridine rings is 1. The fourth-order valence-electron chi connectivity index (χ4n) is 5.71. The molecule has 31 heavy (non-hydrogen) atoms. The Bertz CT molecular complexity index is 978. The lowest BCUT2D eigenvalue weighted by molar-refractivity contribution is 0.112. The molecule has 2 bridgehead atoms. The van der Waals surface area contributed by atoms with Crippen molar-refractivity contribution in [3.05, 3.63) is 57.5 Å². The van der Waals surface area contributed by atoms with Crippen LogP contribution in [0.4, 0.5) is 0 Å². The molecule has 0 amide bonds. The van der Waals surface area contributed by atoms with Gasteiger partial charge in [-0.1, -0.05) is 26.3 Å². The monoisotopic (exact) mass is 421 g/mol. The van der Waals surface area contributed by atoms with Gasteiger partial charge >= 0.3 is 0 Å². The van der Waals surface area contributed by atoms with Crippen molar-refractivity contribution in [1.82, 2.24) is 24.3 Å². The molecule has 0 saturated carbocycles. The third-order valence-corrected chi connectivity index (χ3v) is 7.24. The number of aromatic nitrogens is 3. The predicted molar refractivity (Wildman–Crippen MR) is 122 cm³/mol. The molecule has 2 fully saturated rings. The first-order valence-corrected chi connectivity index (χ1v) is 12.1. The minimum absolute atomic E-state index is 0.253. The minimum Gasteiger partial charge on any atom is -0.312 e. The molecule has 166 valence electrons. The van der Waals surface area contributed by atoms with Crippen LogP contribution in [0.25, 0.3) is 0 Å². The molecule has 0 aliphatic carbocycles. The number of likely N-dealkylation sites (tertiary alicyclic amines) is 2. The molecule has 3 aliphatic rings. The van der Waals surface area contributed by atoms with E-state index >= 15 is 0 Å². The standard InChI is InChI=1S/C25H35N5O/c1-18(2)24-26-9-8-22(27-24)17-29-13-19-12-21(16-29)23-7-6-20(25(31)30(23)14-19)15-28-10-4-3-5-11-28/h6-9,18-19,21H,3-5,10-17H2,1-2H3/t19-,21+/m0/s1. The molecular formula is C25H35N5O. The SMILES string of the molecule is CC(C)c1nccc(CN2C[C@@H]3C[C@H](C2)c2ccc(CN4CCCCC4)c(=O)n2C3)n1. The molecule has 6 nitrogen and oxygen atoms in total. The summed E-state index contributed by atoms with van der Waals surface area (Å²) in [7, 11) is 0. The summed E-state index contributed by atoms with van der Waals surface area (Å²) in [5.74, 6) is 2.25. The smallest absolute Gasteiger partial charge is 0.255 e. The lowest BCUT2D eigenvalue weighted by Gasteiger charge is -2.43. The molecule has 0 spiro atoms. The van der Waals surface area contributed by atoms with E-state index < -0.39 is 0 Å². The summed E-state index contributed by atoms with van der Waals surface area (Å²) < 4.78 is 2.11. The van der Waals surface area contributed by atoms with Crippen molar-refractivity contribution < 1.29 is 0 Å². The zero-order chi connectivity index (χ0) is 21.4. The number of hydrogen-bond acceptors (Lipinski definition) is 5. The highest BCUT2D eigenvalue weighted by atomic mass is 16.1. The van der Waals surface area contributed by atoms with E-state index in [2.05, 4.69) is 45.3 Å². The number of hydrogen-bond donors (Lipinski definition) is 0. The number of fused-ring (bicyclic) bond motifs is 4. The van der Waals surface area contributed by atoms with E-state index in [1.165, 1.54) is 31.4 Å². The molecule has 0 N–H and O–H groups in total. The van der Waals surface area contributed by atoms with Crippen molar-refractivity contribution in [2.24, 2.45) is 5.92 Å². The maximum atomic E-state index is 13.3. The zero-order valence-corrected chi connectivity index (χ0v) is 19.0. The lowest BCUT2D eigenvalue weighted by atomic mass is 9.83. The average molecular weight is 422 g/mol. The largest absolute Gasteiger partial charge is 0.312 e. The molecule has 2 aromatic heterocycles. The van der Waals surface area contributed by atoms with Crippen molar-refractivity contribution in [2.45, 2.75) is 71.0 Å². The quantitative estimate of drug-likeness (QED) is 0.741. The van der Waals surface area contributed by atoms with Gasteiger partial charge in [-0.15, -0.1) is 0 Å². The molecular weight excluding hydrogens is 386 g/mol. The van der Waals surface area contributed by atoms with Crippen LogP contribution in [-0.2, 0) is 19.6 Å². The molecule has 2 aromatic rings. The Balaban J connectivity index is 1.31. The van der Waals surface area contributed by atoms with Gasteiger partial charge in [0.2, 0.25) is 0 Å². The van der Waals surface area contributed by atoms with E-state index in [4.69, 9.17) is 4.98 Å². The fourth-order valence-corrected chi connectivity index (χ4v) is 5.71. The summed E-state index contributed by atoms with van der Waals surface area (Å²) in [5.41, 5.74) is 3.57. The Hall–Kier alpha value is -2.05. The van der Waals surface area contributed by atoms with Gasteiger partial charge in [0.1, 0.15) is 5.82 Å². The highest BCUT2D eigenvalue weighted by Crippen LogP contribution is 2.35. The van der Waals surface area contributed by atoms with E-state index in [1.54, 1.807) is 0 Å². The van der Waals surface area contributed by atoms with Crippen LogP contribution in [0, 0.1) is 5.92 Å². The summed E-state index contributed by atoms with van der Waals surface area (Å²) in [6, 6.07) is 6.40. The molecule has 2 saturated heterocycles. The molecule has 6 heteroatoms. The molecule has 0 aromatic carbocycles. The molecule has 0 radical (unpaired) electrons. The maximum Gasteiger partial charge on any atom is 0.255 e. The minimum atomic E-state index is 0.253. The van der Waals surface area contributed by atoms with Crippen LogP contribution in [0.3, 0.4) is 0 Å². The number of piperidine rings is 2. The van der Waals surface area contributed by atoms with Crippen molar-refractivity contribution in [3.8, 4) is 0 Å². The zero-order valence-electron chi connectivity index (χ0n) is 19.0. The normalized spacial score (nSPS) is 24.4. The van der Waals surface area contributed by atoms with Gasteiger partial charge in [0, 0.05) is 62.0 Å². The second kappa shape index (κ2) is 8.83. The highest BCUT2D eigenvalue weighted by molar-refractivity contribution is 5.22. The number of rotatable bonds is 5. The van der Waals surface area contributed by atoms with E-state index in [0.29, 0.717) is 17.8 Å². The van der Waals surface area contributed by atoms with Crippen LogP contribution in [-0.4, -0.2) is 50.5 Å². The molecule has 2 atom stereocenters. The van der Waals surface area contributed by atoms with Crippen molar-refractivity contribution >= 4 is 0 Å². The Morgan fingerprint density at radius 3 is 2.65 bits per heavy atom. The van der Waals surface area contributed by atoms with Crippen LogP contribution in [0.2, 0.25) is 0 Å². The second-order valence-corrected chi connectivity index (χ2v) is 10.1. The molecule has 5 rings (SSSR count). The van der Waals surface area contributed by atoms with Gasteiger partial charge < -0.3 is 4.57 Å². The third kappa shape index (κ3) is 4.46. The van der Waals surface area contributed by atoms with Crippen LogP contribution in [0.5, 0.6) is 0 Å². The van der Waals surface area contributed by atoms with Crippen molar-refractivity contribution in [1.29, 1.82) is 0 Å². The van der Waals surface area contributed by atoms with Crippen LogP contribution >= 0.6 is 0 Å². The van der Waals surface area contributed by atoms with Crippen LogP contribution in [0.15, 0.2) is 29.2 Å². The van der Waals surface area contributed by atoms with E-state index in [9.17, 15) is 4.79 Å². The Kier molecular flexibility index (Phi) is 5.93. The first-order valence-electron chi connectivity index (χ1n) is 12.1. The Morgan fingerprint density at radius 1 is 1.00 bits per heavy atom. The summed E-state index contributed by atoms with van der Waals surface area (Å²) in [4.78, 5) is 27.5.